The Morgan fingerprint density at radius 3 is 3.00 bits per heavy atom. The third-order valence-electron chi connectivity index (χ3n) is 1.68. The minimum atomic E-state index is 0.618. The van der Waals surface area contributed by atoms with E-state index in [1.165, 1.54) is 0 Å². The summed E-state index contributed by atoms with van der Waals surface area (Å²) in [5.74, 6) is 0.865. The second-order valence-electron chi connectivity index (χ2n) is 2.86. The van der Waals surface area contributed by atoms with Crippen molar-refractivity contribution in [3.05, 3.63) is 18.1 Å². The molecule has 13 heavy (non-hydrogen) atoms. The SMILES string of the molecule is CCCc1cc(NCCN)ncn1. The average Bonchev–Trinajstić information content (AvgIpc) is 2.16. The summed E-state index contributed by atoms with van der Waals surface area (Å²) in [7, 11) is 0. The van der Waals surface area contributed by atoms with Gasteiger partial charge < -0.3 is 11.1 Å². The monoisotopic (exact) mass is 180 g/mol. The van der Waals surface area contributed by atoms with Gasteiger partial charge in [-0.3, -0.25) is 0 Å². The molecule has 0 aromatic carbocycles. The Kier molecular flexibility index (Phi) is 4.18. The molecule has 4 nitrogen and oxygen atoms in total. The fraction of sp³-hybridized carbons (Fsp3) is 0.556. The van der Waals surface area contributed by atoms with Gasteiger partial charge in [0.2, 0.25) is 0 Å². The third-order valence-corrected chi connectivity index (χ3v) is 1.68. The smallest absolute Gasteiger partial charge is 0.129 e. The van der Waals surface area contributed by atoms with Gasteiger partial charge in [0.15, 0.2) is 0 Å². The summed E-state index contributed by atoms with van der Waals surface area (Å²) in [4.78, 5) is 8.24. The summed E-state index contributed by atoms with van der Waals surface area (Å²) < 4.78 is 0. The number of hydrogen-bond acceptors (Lipinski definition) is 4. The van der Waals surface area contributed by atoms with Crippen LogP contribution in [0.2, 0.25) is 0 Å². The molecule has 0 aliphatic heterocycles. The quantitative estimate of drug-likeness (QED) is 0.703. The first-order chi connectivity index (χ1) is 6.36. The van der Waals surface area contributed by atoms with Crippen molar-refractivity contribution in [2.75, 3.05) is 18.4 Å². The molecule has 72 valence electrons. The van der Waals surface area contributed by atoms with E-state index in [-0.39, 0.29) is 0 Å². The van der Waals surface area contributed by atoms with E-state index in [2.05, 4.69) is 22.2 Å². The highest BCUT2D eigenvalue weighted by Gasteiger charge is 1.96. The van der Waals surface area contributed by atoms with E-state index >= 15 is 0 Å². The van der Waals surface area contributed by atoms with Crippen molar-refractivity contribution in [3.63, 3.8) is 0 Å². The zero-order valence-corrected chi connectivity index (χ0v) is 7.95. The molecule has 4 heteroatoms. The fourth-order valence-electron chi connectivity index (χ4n) is 1.09. The van der Waals surface area contributed by atoms with Gasteiger partial charge in [0.1, 0.15) is 12.1 Å². The van der Waals surface area contributed by atoms with Crippen LogP contribution in [0, 0.1) is 0 Å². The molecule has 0 unspecified atom stereocenters. The second kappa shape index (κ2) is 5.48. The van der Waals surface area contributed by atoms with Crippen LogP contribution in [0.4, 0.5) is 5.82 Å². The van der Waals surface area contributed by atoms with Gasteiger partial charge in [-0.15, -0.1) is 0 Å². The van der Waals surface area contributed by atoms with Crippen molar-refractivity contribution in [2.45, 2.75) is 19.8 Å². The lowest BCUT2D eigenvalue weighted by atomic mass is 10.2. The summed E-state index contributed by atoms with van der Waals surface area (Å²) in [6.45, 7) is 3.50. The molecule has 0 aliphatic rings. The van der Waals surface area contributed by atoms with Crippen molar-refractivity contribution < 1.29 is 0 Å². The summed E-state index contributed by atoms with van der Waals surface area (Å²) in [5.41, 5.74) is 6.45. The number of nitrogens with two attached hydrogens (primary N) is 1. The van der Waals surface area contributed by atoms with Crippen LogP contribution < -0.4 is 11.1 Å². The van der Waals surface area contributed by atoms with Crippen LogP contribution in [0.1, 0.15) is 19.0 Å². The van der Waals surface area contributed by atoms with E-state index in [0.29, 0.717) is 6.54 Å². The average molecular weight is 180 g/mol. The Morgan fingerprint density at radius 2 is 2.31 bits per heavy atom. The maximum Gasteiger partial charge on any atom is 0.129 e. The summed E-state index contributed by atoms with van der Waals surface area (Å²) in [5, 5.41) is 3.12. The zero-order valence-electron chi connectivity index (χ0n) is 7.95. The number of aryl methyl sites for hydroxylation is 1. The van der Waals surface area contributed by atoms with Crippen LogP contribution in [0.3, 0.4) is 0 Å². The molecule has 0 aliphatic carbocycles. The number of rotatable bonds is 5. The largest absolute Gasteiger partial charge is 0.369 e. The minimum absolute atomic E-state index is 0.618. The van der Waals surface area contributed by atoms with E-state index in [1.54, 1.807) is 6.33 Å². The van der Waals surface area contributed by atoms with Crippen LogP contribution >= 0.6 is 0 Å². The fourth-order valence-corrected chi connectivity index (χ4v) is 1.09. The van der Waals surface area contributed by atoms with Crippen LogP contribution in [-0.4, -0.2) is 23.1 Å². The van der Waals surface area contributed by atoms with Crippen LogP contribution in [0.25, 0.3) is 0 Å². The Labute approximate surface area is 78.6 Å². The molecule has 1 rings (SSSR count). The first kappa shape index (κ1) is 9.92. The highest BCUT2D eigenvalue weighted by molar-refractivity contribution is 5.34. The molecule has 0 atom stereocenters. The van der Waals surface area contributed by atoms with Gasteiger partial charge in [-0.1, -0.05) is 13.3 Å². The van der Waals surface area contributed by atoms with E-state index in [0.717, 1.165) is 30.9 Å². The minimum Gasteiger partial charge on any atom is -0.369 e. The van der Waals surface area contributed by atoms with Crippen molar-refractivity contribution in [1.29, 1.82) is 0 Å². The Morgan fingerprint density at radius 1 is 1.46 bits per heavy atom. The maximum absolute atomic E-state index is 5.37. The molecule has 1 aromatic heterocycles. The van der Waals surface area contributed by atoms with Gasteiger partial charge in [0, 0.05) is 24.8 Å². The molecule has 0 saturated heterocycles. The summed E-state index contributed by atoms with van der Waals surface area (Å²) in [6.07, 6.45) is 3.69. The van der Waals surface area contributed by atoms with Gasteiger partial charge >= 0.3 is 0 Å². The Balaban J connectivity index is 2.56. The standard InChI is InChI=1S/C9H16N4/c1-2-3-8-6-9(11-5-4-10)13-7-12-8/h6-7H,2-5,10H2,1H3,(H,11,12,13). The number of aromatic nitrogens is 2. The van der Waals surface area contributed by atoms with Gasteiger partial charge in [-0.2, -0.15) is 0 Å². The van der Waals surface area contributed by atoms with Crippen molar-refractivity contribution in [2.24, 2.45) is 5.73 Å². The third kappa shape index (κ3) is 3.38. The van der Waals surface area contributed by atoms with Crippen LogP contribution in [0.15, 0.2) is 12.4 Å². The number of hydrogen-bond donors (Lipinski definition) is 2. The molecule has 1 aromatic rings. The molecule has 0 fully saturated rings. The molecule has 0 saturated carbocycles. The zero-order chi connectivity index (χ0) is 9.52. The molecule has 1 heterocycles. The molecular weight excluding hydrogens is 164 g/mol. The molecular formula is C9H16N4. The summed E-state index contributed by atoms with van der Waals surface area (Å²) in [6, 6.07) is 1.97. The predicted octanol–water partition coefficient (Wildman–Crippen LogP) is 0.800. The van der Waals surface area contributed by atoms with Crippen molar-refractivity contribution in [3.8, 4) is 0 Å². The van der Waals surface area contributed by atoms with Gasteiger partial charge in [0.25, 0.3) is 0 Å². The lowest BCUT2D eigenvalue weighted by Gasteiger charge is -2.04. The lowest BCUT2D eigenvalue weighted by molar-refractivity contribution is 0.870. The normalized spacial score (nSPS) is 10.0. The Hall–Kier alpha value is -1.16. The summed E-state index contributed by atoms with van der Waals surface area (Å²) >= 11 is 0. The number of anilines is 1. The molecule has 0 amide bonds. The number of nitrogens with zero attached hydrogens (tertiary/aromatic N) is 2. The molecule has 0 bridgehead atoms. The van der Waals surface area contributed by atoms with Gasteiger partial charge in [-0.25, -0.2) is 9.97 Å². The highest BCUT2D eigenvalue weighted by atomic mass is 15.0. The van der Waals surface area contributed by atoms with E-state index < -0.39 is 0 Å². The first-order valence-corrected chi connectivity index (χ1v) is 4.61. The lowest BCUT2D eigenvalue weighted by Crippen LogP contribution is -2.14. The van der Waals surface area contributed by atoms with Crippen molar-refractivity contribution in [1.82, 2.24) is 9.97 Å². The second-order valence-corrected chi connectivity index (χ2v) is 2.86. The van der Waals surface area contributed by atoms with Gasteiger partial charge in [-0.05, 0) is 6.42 Å². The van der Waals surface area contributed by atoms with Crippen molar-refractivity contribution >= 4 is 5.82 Å². The first-order valence-electron chi connectivity index (χ1n) is 4.61. The van der Waals surface area contributed by atoms with E-state index in [9.17, 15) is 0 Å². The van der Waals surface area contributed by atoms with Crippen LogP contribution in [-0.2, 0) is 6.42 Å². The maximum atomic E-state index is 5.37. The highest BCUT2D eigenvalue weighted by Crippen LogP contribution is 2.04. The van der Waals surface area contributed by atoms with E-state index in [4.69, 9.17) is 5.73 Å². The van der Waals surface area contributed by atoms with Crippen LogP contribution in [0.5, 0.6) is 0 Å². The Bertz CT molecular complexity index is 249. The van der Waals surface area contributed by atoms with Gasteiger partial charge in [0.05, 0.1) is 0 Å². The van der Waals surface area contributed by atoms with E-state index in [1.807, 2.05) is 6.07 Å². The number of nitrogens with one attached hydrogen (secondary N) is 1. The molecule has 0 radical (unpaired) electrons. The molecule has 0 spiro atoms. The predicted molar refractivity (Wildman–Crippen MR) is 53.6 cm³/mol. The molecule has 3 N–H and O–H groups in total. The topological polar surface area (TPSA) is 63.8 Å².